The van der Waals surface area contributed by atoms with Crippen molar-refractivity contribution in [1.82, 2.24) is 24.6 Å². The number of hydrogen-bond donors (Lipinski definition) is 0. The van der Waals surface area contributed by atoms with Gasteiger partial charge in [-0.3, -0.25) is 9.69 Å². The zero-order chi connectivity index (χ0) is 13.0. The summed E-state index contributed by atoms with van der Waals surface area (Å²) in [5.41, 5.74) is 0. The predicted molar refractivity (Wildman–Crippen MR) is 65.3 cm³/mol. The Morgan fingerprint density at radius 3 is 2.65 bits per heavy atom. The molecule has 0 spiro atoms. The zero-order valence-electron chi connectivity index (χ0n) is 11.2. The number of aromatic nitrogens is 3. The van der Waals surface area contributed by atoms with Crippen molar-refractivity contribution in [2.75, 3.05) is 21.1 Å². The molecule has 1 atom stereocenters. The highest BCUT2D eigenvalue weighted by atomic mass is 16.2. The van der Waals surface area contributed by atoms with E-state index in [-0.39, 0.29) is 11.9 Å². The molecule has 6 nitrogen and oxygen atoms in total. The van der Waals surface area contributed by atoms with Gasteiger partial charge in [0.2, 0.25) is 5.91 Å². The maximum Gasteiger partial charge on any atom is 0.239 e. The number of aryl methyl sites for hydroxylation is 1. The minimum atomic E-state index is -0.127. The Morgan fingerprint density at radius 1 is 1.47 bits per heavy atom. The molecule has 0 aromatic carbocycles. The highest BCUT2D eigenvalue weighted by Gasteiger charge is 2.20. The SMILES string of the molecule is CCn1cnnc1CN(C)C(=O)C(C)N(C)C. The second-order valence-corrected chi connectivity index (χ2v) is 4.37. The van der Waals surface area contributed by atoms with Gasteiger partial charge in [-0.05, 0) is 27.9 Å². The Balaban J connectivity index is 2.66. The summed E-state index contributed by atoms with van der Waals surface area (Å²) < 4.78 is 1.93. The van der Waals surface area contributed by atoms with Gasteiger partial charge in [-0.25, -0.2) is 0 Å². The number of carbonyl (C=O) groups excluding carboxylic acids is 1. The third kappa shape index (κ3) is 3.26. The number of hydrogen-bond acceptors (Lipinski definition) is 4. The standard InChI is InChI=1S/C11H21N5O/c1-6-16-8-12-13-10(16)7-15(5)11(17)9(2)14(3)4/h8-9H,6-7H2,1-5H3. The second-order valence-electron chi connectivity index (χ2n) is 4.37. The first kappa shape index (κ1) is 13.6. The summed E-state index contributed by atoms with van der Waals surface area (Å²) in [4.78, 5) is 15.6. The molecule has 0 saturated heterocycles. The van der Waals surface area contributed by atoms with Gasteiger partial charge in [0.05, 0.1) is 12.6 Å². The normalized spacial score (nSPS) is 12.8. The second kappa shape index (κ2) is 5.77. The van der Waals surface area contributed by atoms with Crippen molar-refractivity contribution in [3.8, 4) is 0 Å². The topological polar surface area (TPSA) is 54.3 Å². The molecule has 0 aliphatic carbocycles. The summed E-state index contributed by atoms with van der Waals surface area (Å²) in [6.07, 6.45) is 1.68. The molecule has 0 N–H and O–H groups in total. The van der Waals surface area contributed by atoms with Crippen LogP contribution in [0.15, 0.2) is 6.33 Å². The van der Waals surface area contributed by atoms with Crippen LogP contribution in [-0.4, -0.2) is 57.7 Å². The number of carbonyl (C=O) groups is 1. The van der Waals surface area contributed by atoms with Gasteiger partial charge in [-0.15, -0.1) is 10.2 Å². The Bertz CT molecular complexity index is 374. The summed E-state index contributed by atoms with van der Waals surface area (Å²) in [7, 11) is 5.58. The van der Waals surface area contributed by atoms with E-state index in [1.54, 1.807) is 18.3 Å². The molecule has 96 valence electrons. The summed E-state index contributed by atoms with van der Waals surface area (Å²) in [6.45, 7) is 5.22. The van der Waals surface area contributed by atoms with Crippen molar-refractivity contribution in [3.63, 3.8) is 0 Å². The smallest absolute Gasteiger partial charge is 0.239 e. The highest BCUT2D eigenvalue weighted by Crippen LogP contribution is 2.04. The molecule has 1 amide bonds. The first-order valence-electron chi connectivity index (χ1n) is 5.75. The van der Waals surface area contributed by atoms with E-state index < -0.39 is 0 Å². The third-order valence-corrected chi connectivity index (χ3v) is 2.92. The Kier molecular flexibility index (Phi) is 4.62. The molecule has 17 heavy (non-hydrogen) atoms. The van der Waals surface area contributed by atoms with Gasteiger partial charge in [0.25, 0.3) is 0 Å². The molecule has 1 unspecified atom stereocenters. The minimum Gasteiger partial charge on any atom is -0.337 e. The predicted octanol–water partition coefficient (Wildman–Crippen LogP) is 0.207. The first-order chi connectivity index (χ1) is 7.97. The minimum absolute atomic E-state index is 0.0839. The van der Waals surface area contributed by atoms with Crippen molar-refractivity contribution >= 4 is 5.91 Å². The van der Waals surface area contributed by atoms with E-state index in [2.05, 4.69) is 10.2 Å². The zero-order valence-corrected chi connectivity index (χ0v) is 11.2. The first-order valence-corrected chi connectivity index (χ1v) is 5.75. The van der Waals surface area contributed by atoms with Crippen LogP contribution in [0.3, 0.4) is 0 Å². The van der Waals surface area contributed by atoms with Crippen LogP contribution < -0.4 is 0 Å². The van der Waals surface area contributed by atoms with Gasteiger partial charge in [0.15, 0.2) is 5.82 Å². The van der Waals surface area contributed by atoms with Gasteiger partial charge >= 0.3 is 0 Å². The van der Waals surface area contributed by atoms with E-state index in [1.165, 1.54) is 0 Å². The van der Waals surface area contributed by atoms with E-state index >= 15 is 0 Å². The highest BCUT2D eigenvalue weighted by molar-refractivity contribution is 5.81. The van der Waals surface area contributed by atoms with E-state index in [1.807, 2.05) is 37.4 Å². The van der Waals surface area contributed by atoms with E-state index in [9.17, 15) is 4.79 Å². The number of rotatable bonds is 5. The molecule has 0 radical (unpaired) electrons. The van der Waals surface area contributed by atoms with Crippen molar-refractivity contribution in [1.29, 1.82) is 0 Å². The summed E-state index contributed by atoms with van der Waals surface area (Å²) in [6, 6.07) is -0.127. The molecule has 1 heterocycles. The van der Waals surface area contributed by atoms with Crippen molar-refractivity contribution < 1.29 is 4.79 Å². The van der Waals surface area contributed by atoms with Crippen LogP contribution >= 0.6 is 0 Å². The van der Waals surface area contributed by atoms with Gasteiger partial charge in [-0.2, -0.15) is 0 Å². The quantitative estimate of drug-likeness (QED) is 0.737. The van der Waals surface area contributed by atoms with Gasteiger partial charge < -0.3 is 9.47 Å². The van der Waals surface area contributed by atoms with Crippen LogP contribution in [0.5, 0.6) is 0 Å². The molecular weight excluding hydrogens is 218 g/mol. The van der Waals surface area contributed by atoms with E-state index in [0.717, 1.165) is 12.4 Å². The summed E-state index contributed by atoms with van der Waals surface area (Å²) >= 11 is 0. The molecule has 1 aromatic rings. The van der Waals surface area contributed by atoms with Crippen LogP contribution in [0.2, 0.25) is 0 Å². The lowest BCUT2D eigenvalue weighted by atomic mass is 10.2. The molecular formula is C11H21N5O. The van der Waals surface area contributed by atoms with Crippen LogP contribution in [0.25, 0.3) is 0 Å². The lowest BCUT2D eigenvalue weighted by Gasteiger charge is -2.25. The number of amides is 1. The monoisotopic (exact) mass is 239 g/mol. The number of nitrogens with zero attached hydrogens (tertiary/aromatic N) is 5. The van der Waals surface area contributed by atoms with Crippen molar-refractivity contribution in [2.45, 2.75) is 33.0 Å². The van der Waals surface area contributed by atoms with E-state index in [0.29, 0.717) is 6.54 Å². The molecule has 0 aliphatic rings. The van der Waals surface area contributed by atoms with E-state index in [4.69, 9.17) is 0 Å². The molecule has 1 rings (SSSR count). The maximum absolute atomic E-state index is 12.0. The van der Waals surface area contributed by atoms with Gasteiger partial charge in [-0.1, -0.05) is 0 Å². The third-order valence-electron chi connectivity index (χ3n) is 2.92. The molecule has 0 fully saturated rings. The molecule has 6 heteroatoms. The molecule has 0 bridgehead atoms. The van der Waals surface area contributed by atoms with Crippen molar-refractivity contribution in [2.24, 2.45) is 0 Å². The number of likely N-dealkylation sites (N-methyl/N-ethyl adjacent to an activating group) is 2. The average Bonchev–Trinajstić information content (AvgIpc) is 2.73. The summed E-state index contributed by atoms with van der Waals surface area (Å²) in [5.74, 6) is 0.898. The van der Waals surface area contributed by atoms with Crippen LogP contribution in [-0.2, 0) is 17.9 Å². The van der Waals surface area contributed by atoms with Crippen LogP contribution in [0.1, 0.15) is 19.7 Å². The fraction of sp³-hybridized carbons (Fsp3) is 0.727. The molecule has 0 saturated carbocycles. The fourth-order valence-electron chi connectivity index (χ4n) is 1.50. The Hall–Kier alpha value is -1.43. The van der Waals surface area contributed by atoms with Crippen LogP contribution in [0, 0.1) is 0 Å². The van der Waals surface area contributed by atoms with Gasteiger partial charge in [0.1, 0.15) is 6.33 Å². The lowest BCUT2D eigenvalue weighted by molar-refractivity contribution is -0.134. The molecule has 0 aliphatic heterocycles. The largest absolute Gasteiger partial charge is 0.337 e. The fourth-order valence-corrected chi connectivity index (χ4v) is 1.50. The Labute approximate surface area is 102 Å². The van der Waals surface area contributed by atoms with Crippen molar-refractivity contribution in [3.05, 3.63) is 12.2 Å². The Morgan fingerprint density at radius 2 is 2.12 bits per heavy atom. The lowest BCUT2D eigenvalue weighted by Crippen LogP contribution is -2.42. The average molecular weight is 239 g/mol. The maximum atomic E-state index is 12.0. The van der Waals surface area contributed by atoms with Crippen LogP contribution in [0.4, 0.5) is 0 Å². The summed E-state index contributed by atoms with van der Waals surface area (Å²) in [5, 5.41) is 7.87. The van der Waals surface area contributed by atoms with Gasteiger partial charge in [0, 0.05) is 13.6 Å². The molecule has 1 aromatic heterocycles.